The Morgan fingerprint density at radius 1 is 1.03 bits per heavy atom. The monoisotopic (exact) mass is 443 g/mol. The number of hydrogen-bond acceptors (Lipinski definition) is 3. The Morgan fingerprint density at radius 3 is 2.55 bits per heavy atom. The van der Waals surface area contributed by atoms with Crippen LogP contribution in [0.5, 0.6) is 0 Å². The van der Waals surface area contributed by atoms with E-state index in [-0.39, 0.29) is 17.9 Å². The molecular formula is C26H29N5O2. The van der Waals surface area contributed by atoms with E-state index in [1.165, 1.54) is 0 Å². The molecule has 0 saturated carbocycles. The number of likely N-dealkylation sites (N-methyl/N-ethyl adjacent to an activating group) is 1. The Morgan fingerprint density at radius 2 is 1.82 bits per heavy atom. The van der Waals surface area contributed by atoms with Gasteiger partial charge in [-0.1, -0.05) is 36.4 Å². The zero-order valence-corrected chi connectivity index (χ0v) is 19.2. The first kappa shape index (κ1) is 22.3. The number of hydrogen-bond donors (Lipinski definition) is 1. The molecule has 0 bridgehead atoms. The molecule has 2 aromatic heterocycles. The van der Waals surface area contributed by atoms with Crippen molar-refractivity contribution < 1.29 is 9.59 Å². The van der Waals surface area contributed by atoms with Gasteiger partial charge in [0.1, 0.15) is 5.69 Å². The predicted molar refractivity (Wildman–Crippen MR) is 129 cm³/mol. The molecule has 170 valence electrons. The van der Waals surface area contributed by atoms with E-state index in [4.69, 9.17) is 0 Å². The molecule has 1 N–H and O–H groups in total. The number of fused-ring (bicyclic) bond motifs is 1. The number of nitrogens with zero attached hydrogens (tertiary/aromatic N) is 4. The highest BCUT2D eigenvalue weighted by molar-refractivity contribution is 6.06. The van der Waals surface area contributed by atoms with Crippen LogP contribution in [-0.4, -0.2) is 50.7 Å². The minimum Gasteiger partial charge on any atom is -0.351 e. The summed E-state index contributed by atoms with van der Waals surface area (Å²) in [6.07, 6.45) is 4.92. The van der Waals surface area contributed by atoms with Crippen molar-refractivity contribution in [3.8, 4) is 0 Å². The maximum absolute atomic E-state index is 13.5. The molecule has 4 aromatic rings. The molecule has 1 unspecified atom stereocenters. The highest BCUT2D eigenvalue weighted by Gasteiger charge is 2.24. The van der Waals surface area contributed by atoms with Crippen molar-refractivity contribution >= 4 is 22.7 Å². The summed E-state index contributed by atoms with van der Waals surface area (Å²) >= 11 is 0. The third-order valence-corrected chi connectivity index (χ3v) is 6.14. The number of nitrogens with one attached hydrogen (secondary N) is 1. The molecule has 0 aliphatic carbocycles. The second kappa shape index (κ2) is 9.73. The van der Waals surface area contributed by atoms with Crippen LogP contribution in [0.15, 0.2) is 73.1 Å². The average Bonchev–Trinajstić information content (AvgIpc) is 3.43. The molecule has 0 spiro atoms. The van der Waals surface area contributed by atoms with Crippen LogP contribution in [0.4, 0.5) is 0 Å². The summed E-state index contributed by atoms with van der Waals surface area (Å²) in [5, 5.41) is 8.15. The largest absolute Gasteiger partial charge is 0.351 e. The SMILES string of the molecule is CN(C(=O)c1cccc2c1cnn2C)C(CCNC(=O)c1cccn1C)Cc1ccccc1. The lowest BCUT2D eigenvalue weighted by molar-refractivity contribution is 0.0724. The molecule has 1 atom stereocenters. The van der Waals surface area contributed by atoms with Crippen LogP contribution in [0.1, 0.15) is 32.8 Å². The molecule has 0 fully saturated rings. The number of rotatable bonds is 8. The Balaban J connectivity index is 1.52. The van der Waals surface area contributed by atoms with Gasteiger partial charge in [0.25, 0.3) is 11.8 Å². The zero-order chi connectivity index (χ0) is 23.4. The summed E-state index contributed by atoms with van der Waals surface area (Å²) in [7, 11) is 5.55. The van der Waals surface area contributed by atoms with E-state index in [0.717, 1.165) is 16.5 Å². The van der Waals surface area contributed by atoms with E-state index in [0.29, 0.717) is 30.6 Å². The van der Waals surface area contributed by atoms with Gasteiger partial charge in [-0.05, 0) is 42.7 Å². The summed E-state index contributed by atoms with van der Waals surface area (Å²) in [5.41, 5.74) is 3.32. The van der Waals surface area contributed by atoms with E-state index in [2.05, 4.69) is 22.5 Å². The number of carbonyl (C=O) groups is 2. The van der Waals surface area contributed by atoms with Crippen molar-refractivity contribution in [2.24, 2.45) is 14.1 Å². The summed E-state index contributed by atoms with van der Waals surface area (Å²) < 4.78 is 3.56. The van der Waals surface area contributed by atoms with Gasteiger partial charge in [0, 0.05) is 45.3 Å². The van der Waals surface area contributed by atoms with Crippen LogP contribution < -0.4 is 5.32 Å². The quantitative estimate of drug-likeness (QED) is 0.454. The van der Waals surface area contributed by atoms with Crippen molar-refractivity contribution in [2.75, 3.05) is 13.6 Å². The second-order valence-electron chi connectivity index (χ2n) is 8.32. The summed E-state index contributed by atoms with van der Waals surface area (Å²) in [5.74, 6) is -0.168. The topological polar surface area (TPSA) is 72.2 Å². The molecule has 0 radical (unpaired) electrons. The van der Waals surface area contributed by atoms with Gasteiger partial charge in [0.2, 0.25) is 0 Å². The van der Waals surface area contributed by atoms with Crippen molar-refractivity contribution in [3.63, 3.8) is 0 Å². The maximum Gasteiger partial charge on any atom is 0.267 e. The first-order valence-corrected chi connectivity index (χ1v) is 11.1. The Kier molecular flexibility index (Phi) is 6.58. The summed E-state index contributed by atoms with van der Waals surface area (Å²) in [6, 6.07) is 19.4. The lowest BCUT2D eigenvalue weighted by Crippen LogP contribution is -2.41. The number of aryl methyl sites for hydroxylation is 2. The number of benzene rings is 2. The first-order valence-electron chi connectivity index (χ1n) is 11.1. The predicted octanol–water partition coefficient (Wildman–Crippen LogP) is 3.42. The van der Waals surface area contributed by atoms with Gasteiger partial charge >= 0.3 is 0 Å². The molecular weight excluding hydrogens is 414 g/mol. The molecule has 7 heteroatoms. The van der Waals surface area contributed by atoms with E-state index in [1.807, 2.05) is 69.8 Å². The number of amides is 2. The molecule has 2 heterocycles. The van der Waals surface area contributed by atoms with Crippen molar-refractivity contribution in [1.82, 2.24) is 24.6 Å². The van der Waals surface area contributed by atoms with Crippen molar-refractivity contribution in [2.45, 2.75) is 18.9 Å². The minimum absolute atomic E-state index is 0.0525. The zero-order valence-electron chi connectivity index (χ0n) is 19.2. The van der Waals surface area contributed by atoms with Gasteiger partial charge in [-0.2, -0.15) is 5.10 Å². The molecule has 2 amide bonds. The molecule has 0 aliphatic rings. The highest BCUT2D eigenvalue weighted by atomic mass is 16.2. The normalized spacial score (nSPS) is 12.0. The fourth-order valence-electron chi connectivity index (χ4n) is 4.18. The van der Waals surface area contributed by atoms with Gasteiger partial charge in [0.05, 0.1) is 17.3 Å². The van der Waals surface area contributed by atoms with Crippen molar-refractivity contribution in [3.05, 3.63) is 89.9 Å². The van der Waals surface area contributed by atoms with Gasteiger partial charge < -0.3 is 14.8 Å². The third-order valence-electron chi connectivity index (χ3n) is 6.14. The van der Waals surface area contributed by atoms with Gasteiger partial charge in [-0.25, -0.2) is 0 Å². The fourth-order valence-corrected chi connectivity index (χ4v) is 4.18. The van der Waals surface area contributed by atoms with E-state index >= 15 is 0 Å². The molecule has 7 nitrogen and oxygen atoms in total. The second-order valence-corrected chi connectivity index (χ2v) is 8.32. The van der Waals surface area contributed by atoms with E-state index < -0.39 is 0 Å². The first-order chi connectivity index (χ1) is 16.0. The minimum atomic E-state index is -0.116. The van der Waals surface area contributed by atoms with Crippen LogP contribution in [0.2, 0.25) is 0 Å². The molecule has 0 aliphatic heterocycles. The van der Waals surface area contributed by atoms with Gasteiger partial charge in [-0.3, -0.25) is 14.3 Å². The Bertz CT molecular complexity index is 1260. The maximum atomic E-state index is 13.5. The summed E-state index contributed by atoms with van der Waals surface area (Å²) in [6.45, 7) is 0.468. The van der Waals surface area contributed by atoms with E-state index in [1.54, 1.807) is 26.4 Å². The molecule has 0 saturated heterocycles. The Labute approximate surface area is 193 Å². The lowest BCUT2D eigenvalue weighted by Gasteiger charge is -2.29. The average molecular weight is 444 g/mol. The van der Waals surface area contributed by atoms with E-state index in [9.17, 15) is 9.59 Å². The Hall–Kier alpha value is -3.87. The van der Waals surface area contributed by atoms with Crippen LogP contribution in [0, 0.1) is 0 Å². The molecule has 2 aromatic carbocycles. The smallest absolute Gasteiger partial charge is 0.267 e. The standard InChI is InChI=1S/C26H29N5O2/c1-29-16-8-13-24(29)25(32)27-15-14-20(17-19-9-5-4-6-10-19)30(2)26(33)21-11-7-12-23-22(21)18-28-31(23)3/h4-13,16,18,20H,14-15,17H2,1-3H3,(H,27,32). The van der Waals surface area contributed by atoms with Crippen LogP contribution in [-0.2, 0) is 20.5 Å². The van der Waals surface area contributed by atoms with Gasteiger partial charge in [-0.15, -0.1) is 0 Å². The van der Waals surface area contributed by atoms with Crippen molar-refractivity contribution in [1.29, 1.82) is 0 Å². The third kappa shape index (κ3) is 4.82. The highest BCUT2D eigenvalue weighted by Crippen LogP contribution is 2.21. The lowest BCUT2D eigenvalue weighted by atomic mass is 10.0. The number of carbonyl (C=O) groups excluding carboxylic acids is 2. The van der Waals surface area contributed by atoms with Crippen LogP contribution in [0.3, 0.4) is 0 Å². The molecule has 4 rings (SSSR count). The summed E-state index contributed by atoms with van der Waals surface area (Å²) in [4.78, 5) is 27.8. The molecule has 33 heavy (non-hydrogen) atoms. The fraction of sp³-hybridized carbons (Fsp3) is 0.269. The van der Waals surface area contributed by atoms with Gasteiger partial charge in [0.15, 0.2) is 0 Å². The van der Waals surface area contributed by atoms with Crippen LogP contribution >= 0.6 is 0 Å². The number of aromatic nitrogens is 3. The van der Waals surface area contributed by atoms with Crippen LogP contribution in [0.25, 0.3) is 10.9 Å².